The lowest BCUT2D eigenvalue weighted by Crippen LogP contribution is -2.48. The summed E-state index contributed by atoms with van der Waals surface area (Å²) in [5.74, 6) is 6.32. The van der Waals surface area contributed by atoms with Gasteiger partial charge in [0.1, 0.15) is 11.9 Å². The Kier molecular flexibility index (Phi) is 7.47. The molecule has 4 bridgehead atoms. The zero-order valence-electron chi connectivity index (χ0n) is 21.1. The van der Waals surface area contributed by atoms with Gasteiger partial charge >= 0.3 is 5.97 Å². The largest absolute Gasteiger partial charge is 0.493 e. The molecule has 4 fully saturated rings. The lowest BCUT2D eigenvalue weighted by Gasteiger charge is -2.57. The first-order valence-corrected chi connectivity index (χ1v) is 13.7. The molecule has 0 aliphatic heterocycles. The van der Waals surface area contributed by atoms with Crippen LogP contribution in [0.4, 0.5) is 0 Å². The Hall–Kier alpha value is -2.73. The maximum absolute atomic E-state index is 12.3. The molecule has 35 heavy (non-hydrogen) atoms. The standard InChI is InChI=1S/C32H38O3/c1-2-3-4-5-9-15-34-30-13-12-24(14-16-35-31(33)28-10-7-6-8-11-28)20-29(30)32-21-25-17-26(22-32)19-27(18-25)23-32/h6-8,10-13,20,25-27H,2-5,9,15,17-19,21-23H2,1H3. The van der Waals surface area contributed by atoms with Crippen LogP contribution in [0.5, 0.6) is 5.75 Å². The number of carbonyl (C=O) groups excluding carboxylic acids is 1. The molecule has 0 atom stereocenters. The van der Waals surface area contributed by atoms with Crippen LogP contribution >= 0.6 is 0 Å². The van der Waals surface area contributed by atoms with Gasteiger partial charge in [0, 0.05) is 11.1 Å². The van der Waals surface area contributed by atoms with Gasteiger partial charge in [0.25, 0.3) is 0 Å². The Bertz CT molecular complexity index is 1040. The van der Waals surface area contributed by atoms with E-state index in [2.05, 4.69) is 31.1 Å². The second-order valence-corrected chi connectivity index (χ2v) is 11.2. The highest BCUT2D eigenvalue weighted by Crippen LogP contribution is 2.61. The first-order valence-electron chi connectivity index (χ1n) is 13.7. The second kappa shape index (κ2) is 10.9. The van der Waals surface area contributed by atoms with E-state index in [4.69, 9.17) is 9.47 Å². The molecule has 6 rings (SSSR count). The summed E-state index contributed by atoms with van der Waals surface area (Å²) in [6.45, 7) is 3.03. The third kappa shape index (κ3) is 5.58. The van der Waals surface area contributed by atoms with Crippen LogP contribution in [0.1, 0.15) is 99.0 Å². The predicted octanol–water partition coefficient (Wildman–Crippen LogP) is 7.67. The van der Waals surface area contributed by atoms with Gasteiger partial charge in [-0.1, -0.05) is 50.8 Å². The van der Waals surface area contributed by atoms with Crippen molar-refractivity contribution < 1.29 is 14.3 Å². The summed E-state index contributed by atoms with van der Waals surface area (Å²) in [5, 5.41) is 0. The van der Waals surface area contributed by atoms with Crippen LogP contribution in [0.25, 0.3) is 0 Å². The molecule has 0 heterocycles. The van der Waals surface area contributed by atoms with E-state index in [1.165, 1.54) is 69.8 Å². The number of esters is 1. The maximum atomic E-state index is 12.3. The summed E-state index contributed by atoms with van der Waals surface area (Å²) in [4.78, 5) is 12.3. The molecule has 0 amide bonds. The van der Waals surface area contributed by atoms with Crippen molar-refractivity contribution in [2.45, 2.75) is 83.0 Å². The first-order chi connectivity index (χ1) is 17.1. The van der Waals surface area contributed by atoms with Crippen molar-refractivity contribution in [1.82, 2.24) is 0 Å². The van der Waals surface area contributed by atoms with Crippen LogP contribution in [0, 0.1) is 29.8 Å². The average Bonchev–Trinajstić information content (AvgIpc) is 2.86. The fraction of sp³-hybridized carbons (Fsp3) is 0.531. The predicted molar refractivity (Wildman–Crippen MR) is 139 cm³/mol. The lowest BCUT2D eigenvalue weighted by molar-refractivity contribution is -0.00641. The summed E-state index contributed by atoms with van der Waals surface area (Å²) in [7, 11) is 0. The zero-order chi connectivity index (χ0) is 24.1. The molecule has 4 saturated carbocycles. The number of unbranched alkanes of at least 4 members (excludes halogenated alkanes) is 4. The summed E-state index contributed by atoms with van der Waals surface area (Å²) in [6.07, 6.45) is 17.0. The molecule has 3 heteroatoms. The minimum Gasteiger partial charge on any atom is -0.493 e. The fourth-order valence-corrected chi connectivity index (χ4v) is 7.24. The number of rotatable bonds is 9. The molecular weight excluding hydrogens is 432 g/mol. The molecule has 0 radical (unpaired) electrons. The normalized spacial score (nSPS) is 26.1. The van der Waals surface area contributed by atoms with Crippen LogP contribution in [-0.4, -0.2) is 12.6 Å². The van der Waals surface area contributed by atoms with Gasteiger partial charge in [0.05, 0.1) is 12.2 Å². The van der Waals surface area contributed by atoms with E-state index in [-0.39, 0.29) is 5.41 Å². The molecule has 0 N–H and O–H groups in total. The minimum atomic E-state index is -0.414. The Morgan fingerprint density at radius 3 is 2.29 bits per heavy atom. The van der Waals surface area contributed by atoms with Crippen LogP contribution < -0.4 is 4.74 Å². The molecule has 4 aliphatic rings. The summed E-state index contributed by atoms with van der Waals surface area (Å²) < 4.78 is 11.7. The number of hydrogen-bond donors (Lipinski definition) is 0. The van der Waals surface area contributed by atoms with E-state index in [0.29, 0.717) is 5.56 Å². The van der Waals surface area contributed by atoms with E-state index in [9.17, 15) is 4.79 Å². The molecule has 0 unspecified atom stereocenters. The molecule has 2 aromatic carbocycles. The Labute approximate surface area is 210 Å². The van der Waals surface area contributed by atoms with Crippen molar-refractivity contribution in [3.05, 3.63) is 65.2 Å². The van der Waals surface area contributed by atoms with Gasteiger partial charge < -0.3 is 9.47 Å². The molecule has 4 aliphatic carbocycles. The summed E-state index contributed by atoms with van der Waals surface area (Å²) in [5.41, 5.74) is 2.99. The van der Waals surface area contributed by atoms with Gasteiger partial charge in [-0.05, 0) is 104 Å². The Balaban J connectivity index is 1.34. The van der Waals surface area contributed by atoms with E-state index in [1.54, 1.807) is 12.1 Å². The first kappa shape index (κ1) is 24.0. The topological polar surface area (TPSA) is 35.5 Å². The second-order valence-electron chi connectivity index (χ2n) is 11.2. The highest BCUT2D eigenvalue weighted by molar-refractivity contribution is 5.90. The van der Waals surface area contributed by atoms with Crippen molar-refractivity contribution in [3.8, 4) is 17.8 Å². The van der Waals surface area contributed by atoms with Crippen molar-refractivity contribution in [1.29, 1.82) is 0 Å². The van der Waals surface area contributed by atoms with Crippen LogP contribution in [0.15, 0.2) is 48.5 Å². The number of ether oxygens (including phenoxy) is 2. The monoisotopic (exact) mass is 470 g/mol. The van der Waals surface area contributed by atoms with Gasteiger partial charge in [0.2, 0.25) is 0 Å². The molecular formula is C32H38O3. The highest BCUT2D eigenvalue weighted by Gasteiger charge is 2.52. The fourth-order valence-electron chi connectivity index (χ4n) is 7.24. The van der Waals surface area contributed by atoms with Gasteiger partial charge in [-0.2, -0.15) is 0 Å². The zero-order valence-corrected chi connectivity index (χ0v) is 21.1. The number of benzene rings is 2. The lowest BCUT2D eigenvalue weighted by atomic mass is 9.48. The van der Waals surface area contributed by atoms with Crippen molar-refractivity contribution in [2.75, 3.05) is 6.61 Å². The van der Waals surface area contributed by atoms with Crippen molar-refractivity contribution in [3.63, 3.8) is 0 Å². The van der Waals surface area contributed by atoms with Crippen LogP contribution in [0.3, 0.4) is 0 Å². The molecule has 2 aromatic rings. The third-order valence-electron chi connectivity index (χ3n) is 8.44. The Morgan fingerprint density at radius 1 is 0.914 bits per heavy atom. The van der Waals surface area contributed by atoms with E-state index >= 15 is 0 Å². The van der Waals surface area contributed by atoms with E-state index < -0.39 is 5.97 Å². The van der Waals surface area contributed by atoms with Gasteiger partial charge in [-0.15, -0.1) is 0 Å². The summed E-state index contributed by atoms with van der Waals surface area (Å²) in [6, 6.07) is 15.4. The molecule has 0 aromatic heterocycles. The minimum absolute atomic E-state index is 0.227. The molecule has 0 saturated heterocycles. The quantitative estimate of drug-likeness (QED) is 0.214. The number of carbonyl (C=O) groups is 1. The van der Waals surface area contributed by atoms with Crippen LogP contribution in [-0.2, 0) is 10.2 Å². The van der Waals surface area contributed by atoms with Crippen molar-refractivity contribution in [2.24, 2.45) is 17.8 Å². The SMILES string of the molecule is CCCCCCCOc1ccc(C#COC(=O)c2ccccc2)cc1C12CC3CC(CC(C3)C1)C2. The number of hydrogen-bond acceptors (Lipinski definition) is 3. The van der Waals surface area contributed by atoms with Gasteiger partial charge in [0.15, 0.2) is 0 Å². The Morgan fingerprint density at radius 2 is 1.60 bits per heavy atom. The van der Waals surface area contributed by atoms with Gasteiger partial charge in [-0.25, -0.2) is 4.79 Å². The maximum Gasteiger partial charge on any atom is 0.352 e. The smallest absolute Gasteiger partial charge is 0.352 e. The van der Waals surface area contributed by atoms with Crippen molar-refractivity contribution >= 4 is 5.97 Å². The molecule has 0 spiro atoms. The molecule has 3 nitrogen and oxygen atoms in total. The average molecular weight is 471 g/mol. The third-order valence-corrected chi connectivity index (χ3v) is 8.44. The molecule has 184 valence electrons. The summed E-state index contributed by atoms with van der Waals surface area (Å²) >= 11 is 0. The highest BCUT2D eigenvalue weighted by atomic mass is 16.5. The van der Waals surface area contributed by atoms with E-state index in [1.807, 2.05) is 24.3 Å². The van der Waals surface area contributed by atoms with Gasteiger partial charge in [-0.3, -0.25) is 0 Å². The van der Waals surface area contributed by atoms with E-state index in [0.717, 1.165) is 42.1 Å². The van der Waals surface area contributed by atoms with Crippen LogP contribution in [0.2, 0.25) is 0 Å².